The Morgan fingerprint density at radius 2 is 1.97 bits per heavy atom. The van der Waals surface area contributed by atoms with Gasteiger partial charge in [0.2, 0.25) is 0 Å². The number of piperidine rings is 1. The average molecular weight is 546 g/mol. The molecule has 2 aliphatic rings. The number of aromatic nitrogens is 2. The van der Waals surface area contributed by atoms with Crippen LogP contribution in [0.25, 0.3) is 0 Å². The number of nitrogens with two attached hydrogens (primary N) is 2. The highest BCUT2D eigenvalue weighted by molar-refractivity contribution is 6.30. The number of halogens is 2. The third kappa shape index (κ3) is 6.33. The molecule has 206 valence electrons. The van der Waals surface area contributed by atoms with Crippen LogP contribution >= 0.6 is 11.6 Å². The van der Waals surface area contributed by atoms with E-state index in [1.54, 1.807) is 6.07 Å². The molecule has 0 spiro atoms. The van der Waals surface area contributed by atoms with Gasteiger partial charge in [-0.1, -0.05) is 24.6 Å². The van der Waals surface area contributed by atoms with Crippen LogP contribution in [0, 0.1) is 12.7 Å². The fourth-order valence-corrected chi connectivity index (χ4v) is 5.55. The van der Waals surface area contributed by atoms with Crippen LogP contribution in [0.2, 0.25) is 5.02 Å². The van der Waals surface area contributed by atoms with Crippen LogP contribution in [0.1, 0.15) is 47.9 Å². The summed E-state index contributed by atoms with van der Waals surface area (Å²) in [6.45, 7) is 9.27. The Morgan fingerprint density at radius 1 is 1.24 bits per heavy atom. The Bertz CT molecular complexity index is 1190. The largest absolute Gasteiger partial charge is 0.382 e. The molecule has 1 aromatic carbocycles. The van der Waals surface area contributed by atoms with Crippen molar-refractivity contribution in [2.45, 2.75) is 51.7 Å². The summed E-state index contributed by atoms with van der Waals surface area (Å²) in [5.74, 6) is -0.131. The summed E-state index contributed by atoms with van der Waals surface area (Å²) in [7, 11) is 1.48. The van der Waals surface area contributed by atoms with E-state index >= 15 is 0 Å². The minimum atomic E-state index is -0.531. The zero-order valence-corrected chi connectivity index (χ0v) is 23.0. The minimum absolute atomic E-state index is 0.00968. The number of nitrogens with one attached hydrogen (secondary N) is 1. The number of benzene rings is 1. The van der Waals surface area contributed by atoms with Gasteiger partial charge >= 0.3 is 0 Å². The van der Waals surface area contributed by atoms with Crippen LogP contribution < -0.4 is 21.7 Å². The second kappa shape index (κ2) is 12.2. The first-order valence-corrected chi connectivity index (χ1v) is 13.4. The monoisotopic (exact) mass is 545 g/mol. The number of hydrogen-bond acceptors (Lipinski definition) is 8. The molecule has 1 aromatic heterocycles. The summed E-state index contributed by atoms with van der Waals surface area (Å²) >= 11 is 5.83. The quantitative estimate of drug-likeness (QED) is 0.373. The molecule has 3 heterocycles. The van der Waals surface area contributed by atoms with Crippen molar-refractivity contribution < 1.29 is 9.18 Å². The molecule has 0 saturated carbocycles. The van der Waals surface area contributed by atoms with Gasteiger partial charge < -0.3 is 16.4 Å². The summed E-state index contributed by atoms with van der Waals surface area (Å²) in [6.07, 6.45) is 3.16. The molecule has 0 radical (unpaired) electrons. The van der Waals surface area contributed by atoms with E-state index in [1.807, 2.05) is 13.0 Å². The molecular weight excluding hydrogens is 509 g/mol. The van der Waals surface area contributed by atoms with Crippen LogP contribution in [0.15, 0.2) is 23.2 Å². The highest BCUT2D eigenvalue weighted by Crippen LogP contribution is 2.28. The number of carbonyl (C=O) groups is 1. The molecule has 12 heteroatoms. The van der Waals surface area contributed by atoms with Crippen molar-refractivity contribution in [2.75, 3.05) is 50.4 Å². The molecule has 4 rings (SSSR count). The Kier molecular flexibility index (Phi) is 9.01. The van der Waals surface area contributed by atoms with Gasteiger partial charge in [-0.2, -0.15) is 0 Å². The standard InChI is InChI=1S/C26H37ClFN9O/c1-4-18-15-36(24-16(2)32-22(23(29)33-24)25(38)34-26(30)31-3)11-12-37(18)19-7-9-35(10-8-19)14-17-5-6-20(27)21(28)13-17/h5-6,13,18-19H,4,7-12,14-15H2,1-3H3,(H2,29,33)(H3,30,31,34,38). The van der Waals surface area contributed by atoms with Crippen molar-refractivity contribution in [3.05, 3.63) is 46.0 Å². The summed E-state index contributed by atoms with van der Waals surface area (Å²) in [4.78, 5) is 32.4. The fraction of sp³-hybridized carbons (Fsp3) is 0.538. The summed E-state index contributed by atoms with van der Waals surface area (Å²) in [5.41, 5.74) is 13.4. The van der Waals surface area contributed by atoms with Gasteiger partial charge in [0.1, 0.15) is 5.82 Å². The molecule has 0 bridgehead atoms. The maximum absolute atomic E-state index is 13.8. The number of guanidine groups is 1. The molecule has 2 aromatic rings. The van der Waals surface area contributed by atoms with Crippen molar-refractivity contribution in [3.8, 4) is 0 Å². The van der Waals surface area contributed by atoms with Crippen molar-refractivity contribution in [3.63, 3.8) is 0 Å². The lowest BCUT2D eigenvalue weighted by Gasteiger charge is -2.47. The minimum Gasteiger partial charge on any atom is -0.382 e. The van der Waals surface area contributed by atoms with E-state index in [9.17, 15) is 9.18 Å². The van der Waals surface area contributed by atoms with E-state index in [4.69, 9.17) is 23.1 Å². The van der Waals surface area contributed by atoms with E-state index in [2.05, 4.69) is 41.9 Å². The summed E-state index contributed by atoms with van der Waals surface area (Å²) in [5, 5.41) is 2.61. The number of amides is 1. The van der Waals surface area contributed by atoms with Gasteiger partial charge in [0.25, 0.3) is 5.91 Å². The number of nitrogens with zero attached hydrogens (tertiary/aromatic N) is 6. The van der Waals surface area contributed by atoms with Gasteiger partial charge in [-0.15, -0.1) is 0 Å². The topological polar surface area (TPSA) is 129 Å². The van der Waals surface area contributed by atoms with Gasteiger partial charge in [-0.25, -0.2) is 14.4 Å². The van der Waals surface area contributed by atoms with Crippen LogP contribution in [0.4, 0.5) is 16.0 Å². The van der Waals surface area contributed by atoms with E-state index < -0.39 is 5.91 Å². The Balaban J connectivity index is 1.37. The second-order valence-corrected chi connectivity index (χ2v) is 10.3. The number of carbonyl (C=O) groups excluding carboxylic acids is 1. The van der Waals surface area contributed by atoms with Gasteiger partial charge in [0, 0.05) is 45.3 Å². The first-order chi connectivity index (χ1) is 18.2. The Labute approximate surface area is 228 Å². The molecule has 1 unspecified atom stereocenters. The average Bonchev–Trinajstić information content (AvgIpc) is 2.91. The van der Waals surface area contributed by atoms with E-state index in [-0.39, 0.29) is 28.3 Å². The van der Waals surface area contributed by atoms with Gasteiger partial charge in [0.05, 0.1) is 10.7 Å². The van der Waals surface area contributed by atoms with Crippen LogP contribution in [-0.4, -0.2) is 83.5 Å². The molecule has 1 amide bonds. The number of hydrogen-bond donors (Lipinski definition) is 3. The first-order valence-electron chi connectivity index (χ1n) is 13.0. The van der Waals surface area contributed by atoms with Crippen LogP contribution in [0.3, 0.4) is 0 Å². The van der Waals surface area contributed by atoms with Crippen molar-refractivity contribution in [2.24, 2.45) is 10.7 Å². The number of aryl methyl sites for hydroxylation is 1. The first kappa shape index (κ1) is 28.0. The third-order valence-corrected chi connectivity index (χ3v) is 7.79. The number of anilines is 2. The van der Waals surface area contributed by atoms with Gasteiger partial charge in [0.15, 0.2) is 23.3 Å². The molecule has 5 N–H and O–H groups in total. The predicted molar refractivity (Wildman–Crippen MR) is 149 cm³/mol. The van der Waals surface area contributed by atoms with Crippen LogP contribution in [0.5, 0.6) is 0 Å². The lowest BCUT2D eigenvalue weighted by Crippen LogP contribution is -2.58. The smallest absolute Gasteiger partial charge is 0.280 e. The summed E-state index contributed by atoms with van der Waals surface area (Å²) < 4.78 is 13.8. The zero-order valence-electron chi connectivity index (χ0n) is 22.3. The maximum Gasteiger partial charge on any atom is 0.280 e. The van der Waals surface area contributed by atoms with E-state index in [1.165, 1.54) is 13.1 Å². The van der Waals surface area contributed by atoms with E-state index in [0.717, 1.165) is 64.1 Å². The van der Waals surface area contributed by atoms with Crippen molar-refractivity contribution in [1.29, 1.82) is 0 Å². The molecule has 38 heavy (non-hydrogen) atoms. The number of likely N-dealkylation sites (tertiary alicyclic amines) is 1. The zero-order chi connectivity index (χ0) is 27.4. The molecule has 1 atom stereocenters. The highest BCUT2D eigenvalue weighted by atomic mass is 35.5. The molecule has 0 aliphatic carbocycles. The summed E-state index contributed by atoms with van der Waals surface area (Å²) in [6, 6.07) is 5.94. The SMILES string of the molecule is CCC1CN(c2nc(N)c(C(=O)NC(N)=NC)nc2C)CCN1C1CCN(Cc2ccc(Cl)c(F)c2)CC1. The van der Waals surface area contributed by atoms with Gasteiger partial charge in [-0.05, 0) is 57.0 Å². The van der Waals surface area contributed by atoms with Gasteiger partial charge in [-0.3, -0.25) is 24.9 Å². The molecule has 2 aliphatic heterocycles. The normalized spacial score (nSPS) is 20.1. The third-order valence-electron chi connectivity index (χ3n) is 7.49. The van der Waals surface area contributed by atoms with Crippen molar-refractivity contribution >= 4 is 35.1 Å². The lowest BCUT2D eigenvalue weighted by molar-refractivity contribution is 0.0610. The fourth-order valence-electron chi connectivity index (χ4n) is 5.43. The molecule has 2 saturated heterocycles. The predicted octanol–water partition coefficient (Wildman–Crippen LogP) is 2.40. The maximum atomic E-state index is 13.8. The molecule has 2 fully saturated rings. The second-order valence-electron chi connectivity index (χ2n) is 9.93. The Morgan fingerprint density at radius 3 is 2.63 bits per heavy atom. The number of rotatable bonds is 6. The molecular formula is C26H37ClFN9O. The van der Waals surface area contributed by atoms with Crippen molar-refractivity contribution in [1.82, 2.24) is 25.1 Å². The number of aliphatic imine (C=N–C) groups is 1. The van der Waals surface area contributed by atoms with E-state index in [0.29, 0.717) is 23.6 Å². The number of nitrogen functional groups attached to an aromatic ring is 1. The van der Waals surface area contributed by atoms with Crippen LogP contribution in [-0.2, 0) is 6.54 Å². The molecule has 10 nitrogen and oxygen atoms in total. The Hall–Kier alpha value is -3.02. The number of piperazine rings is 1. The lowest BCUT2D eigenvalue weighted by atomic mass is 9.97. The highest BCUT2D eigenvalue weighted by Gasteiger charge is 2.34.